The average molecular weight is 523 g/mol. The Morgan fingerprint density at radius 1 is 1.00 bits per heavy atom. The number of hydrogen-bond acceptors (Lipinski definition) is 5. The summed E-state index contributed by atoms with van der Waals surface area (Å²) in [6, 6.07) is 19.0. The molecule has 0 atom stereocenters. The van der Waals surface area contributed by atoms with Gasteiger partial charge in [0.25, 0.3) is 5.91 Å². The predicted molar refractivity (Wildman–Crippen MR) is 152 cm³/mol. The number of carbonyl (C=O) groups is 2. The van der Waals surface area contributed by atoms with Gasteiger partial charge in [-0.15, -0.1) is 11.3 Å². The highest BCUT2D eigenvalue weighted by Gasteiger charge is 2.22. The Labute approximate surface area is 223 Å². The van der Waals surface area contributed by atoms with Crippen molar-refractivity contribution in [2.45, 2.75) is 32.9 Å². The van der Waals surface area contributed by atoms with E-state index in [0.29, 0.717) is 29.2 Å². The molecule has 3 heterocycles. The highest BCUT2D eigenvalue weighted by Crippen LogP contribution is 2.33. The van der Waals surface area contributed by atoms with Crippen LogP contribution in [0.25, 0.3) is 32.6 Å². The quantitative estimate of drug-likeness (QED) is 0.252. The number of hydrogen-bond donors (Lipinski definition) is 3. The van der Waals surface area contributed by atoms with E-state index in [-0.39, 0.29) is 17.5 Å². The molecule has 3 amide bonds. The first-order valence-electron chi connectivity index (χ1n) is 12.3. The Morgan fingerprint density at radius 2 is 1.76 bits per heavy atom. The molecule has 3 aromatic carbocycles. The fraction of sp³-hybridized carbons (Fsp3) is 0.172. The Morgan fingerprint density at radius 3 is 2.55 bits per heavy atom. The van der Waals surface area contributed by atoms with Gasteiger partial charge >= 0.3 is 6.03 Å². The van der Waals surface area contributed by atoms with Crippen LogP contribution in [0.15, 0.2) is 72.4 Å². The standard InChI is InChI=1S/C29H26N6O2S/c1-29(2,3)35-15-24(26(34-35)18-9-12-25-23(13-18)31-16-38-25)33-28(37)32-19-10-7-17(8-11-19)20-5-4-6-21-22(20)14-30-27(21)36/h4-13,15-16H,14H2,1-3H3,(H,30,36)(H2,32,33,37). The average Bonchev–Trinajstić information content (AvgIpc) is 3.62. The molecule has 0 unspecified atom stereocenters. The van der Waals surface area contributed by atoms with Crippen LogP contribution < -0.4 is 16.0 Å². The van der Waals surface area contributed by atoms with E-state index in [1.54, 1.807) is 11.3 Å². The molecule has 6 rings (SSSR count). The number of rotatable bonds is 4. The summed E-state index contributed by atoms with van der Waals surface area (Å²) >= 11 is 1.59. The number of amides is 3. The normalized spacial score (nSPS) is 12.9. The van der Waals surface area contributed by atoms with Gasteiger partial charge in [-0.1, -0.05) is 30.3 Å². The number of nitrogens with zero attached hydrogens (tertiary/aromatic N) is 3. The van der Waals surface area contributed by atoms with Crippen LogP contribution in [0.4, 0.5) is 16.2 Å². The zero-order valence-electron chi connectivity index (χ0n) is 21.2. The molecule has 0 saturated heterocycles. The van der Waals surface area contributed by atoms with Gasteiger partial charge in [0.05, 0.1) is 27.0 Å². The van der Waals surface area contributed by atoms with Gasteiger partial charge in [-0.2, -0.15) is 5.10 Å². The molecule has 8 nitrogen and oxygen atoms in total. The van der Waals surface area contributed by atoms with Crippen molar-refractivity contribution >= 4 is 44.9 Å². The number of fused-ring (bicyclic) bond motifs is 2. The first kappa shape index (κ1) is 23.9. The molecule has 38 heavy (non-hydrogen) atoms. The smallest absolute Gasteiger partial charge is 0.323 e. The van der Waals surface area contributed by atoms with E-state index in [0.717, 1.165) is 32.5 Å². The molecule has 0 bridgehead atoms. The molecule has 0 fully saturated rings. The maximum absolute atomic E-state index is 13.0. The van der Waals surface area contributed by atoms with Crippen molar-refractivity contribution in [2.24, 2.45) is 0 Å². The molecule has 1 aliphatic heterocycles. The third kappa shape index (κ3) is 4.41. The highest BCUT2D eigenvalue weighted by atomic mass is 32.1. The van der Waals surface area contributed by atoms with Gasteiger partial charge in [0.1, 0.15) is 5.69 Å². The zero-order chi connectivity index (χ0) is 26.4. The molecule has 2 aromatic heterocycles. The lowest BCUT2D eigenvalue weighted by Gasteiger charge is -2.18. The topological polar surface area (TPSA) is 101 Å². The number of nitrogens with one attached hydrogen (secondary N) is 3. The molecular weight excluding hydrogens is 496 g/mol. The third-order valence-corrected chi connectivity index (χ3v) is 7.36. The number of anilines is 2. The number of carbonyl (C=O) groups excluding carboxylic acids is 2. The molecule has 3 N–H and O–H groups in total. The van der Waals surface area contributed by atoms with Gasteiger partial charge in [-0.05, 0) is 67.8 Å². The number of aromatic nitrogens is 3. The SMILES string of the molecule is CC(C)(C)n1cc(NC(=O)Nc2ccc(-c3cccc4c3CNC4=O)cc2)c(-c2ccc3scnc3c2)n1. The molecule has 190 valence electrons. The maximum Gasteiger partial charge on any atom is 0.323 e. The van der Waals surface area contributed by atoms with Crippen LogP contribution in [-0.2, 0) is 12.1 Å². The Hall–Kier alpha value is -4.50. The minimum Gasteiger partial charge on any atom is -0.348 e. The molecule has 5 aromatic rings. The van der Waals surface area contributed by atoms with Crippen molar-refractivity contribution in [2.75, 3.05) is 10.6 Å². The van der Waals surface area contributed by atoms with Gasteiger partial charge in [0.2, 0.25) is 0 Å². The van der Waals surface area contributed by atoms with E-state index >= 15 is 0 Å². The van der Waals surface area contributed by atoms with Crippen LogP contribution in [0.2, 0.25) is 0 Å². The summed E-state index contributed by atoms with van der Waals surface area (Å²) in [5, 5.41) is 13.6. The van der Waals surface area contributed by atoms with E-state index in [9.17, 15) is 9.59 Å². The number of urea groups is 1. The van der Waals surface area contributed by atoms with Crippen LogP contribution in [0.3, 0.4) is 0 Å². The van der Waals surface area contributed by atoms with Gasteiger partial charge in [-0.25, -0.2) is 9.78 Å². The summed E-state index contributed by atoms with van der Waals surface area (Å²) in [5.74, 6) is -0.0440. The van der Waals surface area contributed by atoms with Crippen molar-refractivity contribution in [3.63, 3.8) is 0 Å². The first-order chi connectivity index (χ1) is 18.3. The van der Waals surface area contributed by atoms with Crippen LogP contribution in [0.1, 0.15) is 36.7 Å². The zero-order valence-corrected chi connectivity index (χ0v) is 22.0. The summed E-state index contributed by atoms with van der Waals surface area (Å²) in [6.45, 7) is 6.71. The maximum atomic E-state index is 13.0. The molecule has 0 aliphatic carbocycles. The fourth-order valence-electron chi connectivity index (χ4n) is 4.57. The van der Waals surface area contributed by atoms with E-state index in [4.69, 9.17) is 5.10 Å². The monoisotopic (exact) mass is 522 g/mol. The van der Waals surface area contributed by atoms with E-state index < -0.39 is 0 Å². The summed E-state index contributed by atoms with van der Waals surface area (Å²) < 4.78 is 2.96. The molecule has 0 saturated carbocycles. The van der Waals surface area contributed by atoms with Crippen molar-refractivity contribution in [1.29, 1.82) is 0 Å². The minimum absolute atomic E-state index is 0.0440. The van der Waals surface area contributed by atoms with Crippen molar-refractivity contribution in [1.82, 2.24) is 20.1 Å². The Kier molecular flexibility index (Phi) is 5.72. The van der Waals surface area contributed by atoms with Crippen LogP contribution >= 0.6 is 11.3 Å². The highest BCUT2D eigenvalue weighted by molar-refractivity contribution is 7.16. The van der Waals surface area contributed by atoms with Crippen molar-refractivity contribution in [3.8, 4) is 22.4 Å². The van der Waals surface area contributed by atoms with Gasteiger partial charge in [0.15, 0.2) is 0 Å². The Balaban J connectivity index is 1.23. The van der Waals surface area contributed by atoms with Gasteiger partial charge in [-0.3, -0.25) is 9.48 Å². The van der Waals surface area contributed by atoms with Crippen LogP contribution in [-0.4, -0.2) is 26.7 Å². The summed E-state index contributed by atoms with van der Waals surface area (Å²) in [7, 11) is 0. The number of benzene rings is 3. The van der Waals surface area contributed by atoms with Crippen molar-refractivity contribution < 1.29 is 9.59 Å². The van der Waals surface area contributed by atoms with Gasteiger partial charge < -0.3 is 16.0 Å². The minimum atomic E-state index is -0.363. The van der Waals surface area contributed by atoms with E-state index in [1.807, 2.05) is 77.1 Å². The lowest BCUT2D eigenvalue weighted by Crippen LogP contribution is -2.22. The van der Waals surface area contributed by atoms with E-state index in [1.165, 1.54) is 0 Å². The largest absolute Gasteiger partial charge is 0.348 e. The molecular formula is C29H26N6O2S. The second-order valence-corrected chi connectivity index (χ2v) is 11.1. The number of thiazole rings is 1. The second kappa shape index (κ2) is 9.11. The summed E-state index contributed by atoms with van der Waals surface area (Å²) in [5.41, 5.74) is 8.99. The van der Waals surface area contributed by atoms with Gasteiger partial charge in [0, 0.05) is 29.6 Å². The second-order valence-electron chi connectivity index (χ2n) is 10.2. The Bertz CT molecular complexity index is 1690. The first-order valence-corrected chi connectivity index (χ1v) is 13.2. The third-order valence-electron chi connectivity index (χ3n) is 6.55. The van der Waals surface area contributed by atoms with E-state index in [2.05, 4.69) is 41.7 Å². The van der Waals surface area contributed by atoms with Crippen molar-refractivity contribution in [3.05, 3.63) is 83.5 Å². The lowest BCUT2D eigenvalue weighted by molar-refractivity contribution is 0.0965. The molecule has 0 radical (unpaired) electrons. The summed E-state index contributed by atoms with van der Waals surface area (Å²) in [6.07, 6.45) is 1.86. The predicted octanol–water partition coefficient (Wildman–Crippen LogP) is 6.47. The van der Waals surface area contributed by atoms with Crippen LogP contribution in [0.5, 0.6) is 0 Å². The molecule has 0 spiro atoms. The lowest BCUT2D eigenvalue weighted by atomic mass is 9.97. The molecule has 1 aliphatic rings. The van der Waals surface area contributed by atoms with Crippen LogP contribution in [0, 0.1) is 0 Å². The summed E-state index contributed by atoms with van der Waals surface area (Å²) in [4.78, 5) is 29.5. The fourth-order valence-corrected chi connectivity index (χ4v) is 5.23. The molecule has 9 heteroatoms.